The molecule has 0 spiro atoms. The molecule has 0 aliphatic carbocycles. The molecule has 1 unspecified atom stereocenters. The largest absolute Gasteiger partial charge is 0.324 e. The van der Waals surface area contributed by atoms with E-state index < -0.39 is 0 Å². The summed E-state index contributed by atoms with van der Waals surface area (Å²) in [5.41, 5.74) is 9.52. The highest BCUT2D eigenvalue weighted by molar-refractivity contribution is 5.62. The van der Waals surface area contributed by atoms with Crippen molar-refractivity contribution in [1.29, 1.82) is 0 Å². The van der Waals surface area contributed by atoms with Crippen LogP contribution >= 0.6 is 0 Å². The monoisotopic (exact) mass is 215 g/mol. The van der Waals surface area contributed by atoms with Gasteiger partial charge in [-0.3, -0.25) is 4.68 Å². The molecule has 1 aromatic heterocycles. The Hall–Kier alpha value is -1.61. The smallest absolute Gasteiger partial charge is 0.0568 e. The second kappa shape index (κ2) is 4.49. The summed E-state index contributed by atoms with van der Waals surface area (Å²) in [5.74, 6) is 0. The van der Waals surface area contributed by atoms with E-state index in [0.29, 0.717) is 0 Å². The second-order valence-corrected chi connectivity index (χ2v) is 4.04. The summed E-state index contributed by atoms with van der Waals surface area (Å²) >= 11 is 0. The van der Waals surface area contributed by atoms with Crippen molar-refractivity contribution in [1.82, 2.24) is 9.78 Å². The van der Waals surface area contributed by atoms with Gasteiger partial charge in [0.2, 0.25) is 0 Å². The highest BCUT2D eigenvalue weighted by atomic mass is 15.2. The van der Waals surface area contributed by atoms with Gasteiger partial charge in [0, 0.05) is 24.8 Å². The molecular weight excluding hydrogens is 198 g/mol. The van der Waals surface area contributed by atoms with E-state index in [1.165, 1.54) is 11.1 Å². The van der Waals surface area contributed by atoms with Crippen molar-refractivity contribution in [3.63, 3.8) is 0 Å². The number of nitrogens with zero attached hydrogens (tertiary/aromatic N) is 2. The van der Waals surface area contributed by atoms with Gasteiger partial charge in [0.1, 0.15) is 0 Å². The lowest BCUT2D eigenvalue weighted by atomic mass is 10.0. The average molecular weight is 215 g/mol. The molecule has 0 saturated carbocycles. The molecule has 84 valence electrons. The van der Waals surface area contributed by atoms with E-state index in [2.05, 4.69) is 30.2 Å². The van der Waals surface area contributed by atoms with E-state index in [9.17, 15) is 0 Å². The highest BCUT2D eigenvalue weighted by Gasteiger charge is 2.05. The quantitative estimate of drug-likeness (QED) is 0.854. The summed E-state index contributed by atoms with van der Waals surface area (Å²) < 4.78 is 1.81. The molecule has 3 nitrogen and oxygen atoms in total. The first-order valence-electron chi connectivity index (χ1n) is 5.55. The Balaban J connectivity index is 2.36. The maximum absolute atomic E-state index is 6.03. The first-order valence-corrected chi connectivity index (χ1v) is 5.55. The van der Waals surface area contributed by atoms with Gasteiger partial charge in [0.05, 0.1) is 6.20 Å². The van der Waals surface area contributed by atoms with Crippen LogP contribution in [0, 0.1) is 0 Å². The van der Waals surface area contributed by atoms with Crippen LogP contribution in [0.1, 0.15) is 24.9 Å². The first-order chi connectivity index (χ1) is 7.70. The summed E-state index contributed by atoms with van der Waals surface area (Å²) in [7, 11) is 1.92. The van der Waals surface area contributed by atoms with Gasteiger partial charge in [-0.2, -0.15) is 5.10 Å². The molecule has 2 aromatic rings. The molecular formula is C13H17N3. The van der Waals surface area contributed by atoms with Gasteiger partial charge < -0.3 is 5.73 Å². The third kappa shape index (κ3) is 2.14. The minimum Gasteiger partial charge on any atom is -0.324 e. The zero-order valence-electron chi connectivity index (χ0n) is 9.72. The minimum atomic E-state index is 0.122. The summed E-state index contributed by atoms with van der Waals surface area (Å²) in [5, 5.41) is 4.17. The number of rotatable bonds is 3. The SMILES string of the molecule is CCC(N)c1cccc(-c2cnn(C)c2)c1. The van der Waals surface area contributed by atoms with Crippen molar-refractivity contribution in [2.45, 2.75) is 19.4 Å². The zero-order valence-corrected chi connectivity index (χ0v) is 9.72. The van der Waals surface area contributed by atoms with Gasteiger partial charge in [-0.05, 0) is 23.6 Å². The zero-order chi connectivity index (χ0) is 11.5. The fraction of sp³-hybridized carbons (Fsp3) is 0.308. The fourth-order valence-corrected chi connectivity index (χ4v) is 1.75. The summed E-state index contributed by atoms with van der Waals surface area (Å²) in [4.78, 5) is 0. The van der Waals surface area contributed by atoms with Gasteiger partial charge in [0.15, 0.2) is 0 Å². The Labute approximate surface area is 95.9 Å². The van der Waals surface area contributed by atoms with Crippen LogP contribution in [0.25, 0.3) is 11.1 Å². The highest BCUT2D eigenvalue weighted by Crippen LogP contribution is 2.22. The van der Waals surface area contributed by atoms with Gasteiger partial charge in [-0.15, -0.1) is 0 Å². The topological polar surface area (TPSA) is 43.8 Å². The van der Waals surface area contributed by atoms with Crippen LogP contribution in [-0.4, -0.2) is 9.78 Å². The van der Waals surface area contributed by atoms with E-state index >= 15 is 0 Å². The van der Waals surface area contributed by atoms with Gasteiger partial charge in [-0.25, -0.2) is 0 Å². The summed E-state index contributed by atoms with van der Waals surface area (Å²) in [6.07, 6.45) is 4.84. The maximum atomic E-state index is 6.03. The molecule has 2 rings (SSSR count). The van der Waals surface area contributed by atoms with Crippen molar-refractivity contribution in [3.8, 4) is 11.1 Å². The first kappa shape index (κ1) is 10.9. The molecule has 0 aliphatic rings. The Bertz CT molecular complexity index is 474. The fourth-order valence-electron chi connectivity index (χ4n) is 1.75. The third-order valence-corrected chi connectivity index (χ3v) is 2.79. The number of nitrogens with two attached hydrogens (primary N) is 1. The van der Waals surface area contributed by atoms with Gasteiger partial charge in [0.25, 0.3) is 0 Å². The number of hydrogen-bond acceptors (Lipinski definition) is 2. The van der Waals surface area contributed by atoms with E-state index in [0.717, 1.165) is 12.0 Å². The molecule has 0 fully saturated rings. The number of benzene rings is 1. The van der Waals surface area contributed by atoms with Crippen molar-refractivity contribution in [2.24, 2.45) is 12.8 Å². The van der Waals surface area contributed by atoms with E-state index in [4.69, 9.17) is 5.73 Å². The number of aromatic nitrogens is 2. The molecule has 1 atom stereocenters. The van der Waals surface area contributed by atoms with Gasteiger partial charge >= 0.3 is 0 Å². The summed E-state index contributed by atoms with van der Waals surface area (Å²) in [6.45, 7) is 2.10. The number of aryl methyl sites for hydroxylation is 1. The maximum Gasteiger partial charge on any atom is 0.0568 e. The van der Waals surface area contributed by atoms with Crippen LogP contribution < -0.4 is 5.73 Å². The lowest BCUT2D eigenvalue weighted by Crippen LogP contribution is -2.08. The van der Waals surface area contributed by atoms with Crippen LogP contribution in [0.4, 0.5) is 0 Å². The predicted octanol–water partition coefficient (Wildman–Crippen LogP) is 2.50. The average Bonchev–Trinajstić information content (AvgIpc) is 2.75. The molecule has 0 aliphatic heterocycles. The van der Waals surface area contributed by atoms with E-state index in [-0.39, 0.29) is 6.04 Å². The second-order valence-electron chi connectivity index (χ2n) is 4.04. The minimum absolute atomic E-state index is 0.122. The standard InChI is InChI=1S/C13H17N3/c1-3-13(14)11-6-4-5-10(7-11)12-8-15-16(2)9-12/h4-9,13H,3,14H2,1-2H3. The van der Waals surface area contributed by atoms with Crippen molar-refractivity contribution < 1.29 is 0 Å². The summed E-state index contributed by atoms with van der Waals surface area (Å²) in [6, 6.07) is 8.48. The molecule has 1 aromatic carbocycles. The van der Waals surface area contributed by atoms with Crippen LogP contribution in [-0.2, 0) is 7.05 Å². The molecule has 0 radical (unpaired) electrons. The molecule has 0 bridgehead atoms. The van der Waals surface area contributed by atoms with E-state index in [1.54, 1.807) is 0 Å². The Morgan fingerprint density at radius 2 is 2.19 bits per heavy atom. The van der Waals surface area contributed by atoms with E-state index in [1.807, 2.05) is 30.2 Å². The molecule has 2 N–H and O–H groups in total. The normalized spacial score (nSPS) is 12.7. The van der Waals surface area contributed by atoms with Crippen molar-refractivity contribution >= 4 is 0 Å². The van der Waals surface area contributed by atoms with Crippen molar-refractivity contribution in [2.75, 3.05) is 0 Å². The van der Waals surface area contributed by atoms with Crippen LogP contribution in [0.3, 0.4) is 0 Å². The molecule has 3 heteroatoms. The molecule has 1 heterocycles. The van der Waals surface area contributed by atoms with Crippen LogP contribution in [0.5, 0.6) is 0 Å². The Kier molecular flexibility index (Phi) is 3.06. The predicted molar refractivity (Wildman–Crippen MR) is 65.9 cm³/mol. The number of hydrogen-bond donors (Lipinski definition) is 1. The van der Waals surface area contributed by atoms with Gasteiger partial charge in [-0.1, -0.05) is 25.1 Å². The molecule has 16 heavy (non-hydrogen) atoms. The Morgan fingerprint density at radius 1 is 1.38 bits per heavy atom. The Morgan fingerprint density at radius 3 is 2.81 bits per heavy atom. The lowest BCUT2D eigenvalue weighted by Gasteiger charge is -2.10. The molecule has 0 saturated heterocycles. The lowest BCUT2D eigenvalue weighted by molar-refractivity contribution is 0.699. The van der Waals surface area contributed by atoms with Crippen LogP contribution in [0.2, 0.25) is 0 Å². The van der Waals surface area contributed by atoms with Crippen LogP contribution in [0.15, 0.2) is 36.7 Å². The molecule has 0 amide bonds. The van der Waals surface area contributed by atoms with Crippen molar-refractivity contribution in [3.05, 3.63) is 42.2 Å². The third-order valence-electron chi connectivity index (χ3n) is 2.79.